The molecule has 120 valence electrons. The number of amides is 1. The molecular weight excluding hydrogens is 290 g/mol. The van der Waals surface area contributed by atoms with Gasteiger partial charge >= 0.3 is 0 Å². The summed E-state index contributed by atoms with van der Waals surface area (Å²) in [5.41, 5.74) is 1.39. The molecule has 0 atom stereocenters. The Morgan fingerprint density at radius 1 is 1.43 bits per heavy atom. The van der Waals surface area contributed by atoms with Crippen molar-refractivity contribution in [2.75, 3.05) is 13.7 Å². The normalized spacial score (nSPS) is 16.2. The molecule has 1 saturated carbocycles. The summed E-state index contributed by atoms with van der Waals surface area (Å²) in [5.74, 6) is 0.701. The van der Waals surface area contributed by atoms with Crippen molar-refractivity contribution in [1.82, 2.24) is 10.3 Å². The molecule has 0 bridgehead atoms. The lowest BCUT2D eigenvalue weighted by atomic mass is 9.87. The Bertz CT molecular complexity index is 751. The molecule has 1 fully saturated rings. The van der Waals surface area contributed by atoms with Gasteiger partial charge in [0, 0.05) is 23.6 Å². The van der Waals surface area contributed by atoms with E-state index >= 15 is 0 Å². The van der Waals surface area contributed by atoms with Crippen LogP contribution in [0.3, 0.4) is 0 Å². The number of nitrogens with zero attached hydrogens (tertiary/aromatic N) is 1. The average molecular weight is 311 g/mol. The Balaban J connectivity index is 1.65. The maximum atomic E-state index is 12.3. The van der Waals surface area contributed by atoms with E-state index in [9.17, 15) is 10.1 Å². The van der Waals surface area contributed by atoms with Gasteiger partial charge in [-0.2, -0.15) is 5.26 Å². The van der Waals surface area contributed by atoms with E-state index in [1.807, 2.05) is 24.4 Å². The number of aromatic nitrogens is 1. The second kappa shape index (κ2) is 6.33. The Labute approximate surface area is 135 Å². The van der Waals surface area contributed by atoms with Crippen LogP contribution >= 0.6 is 0 Å². The predicted octanol–water partition coefficient (Wildman–Crippen LogP) is 2.92. The number of hydrogen-bond acceptors (Lipinski definition) is 3. The molecule has 0 saturated heterocycles. The van der Waals surface area contributed by atoms with Gasteiger partial charge in [0.2, 0.25) is 5.91 Å². The van der Waals surface area contributed by atoms with Gasteiger partial charge in [-0.25, -0.2) is 0 Å². The Kier molecular flexibility index (Phi) is 4.24. The molecule has 0 spiro atoms. The van der Waals surface area contributed by atoms with Gasteiger partial charge in [-0.3, -0.25) is 4.79 Å². The molecule has 0 radical (unpaired) electrons. The molecule has 1 heterocycles. The van der Waals surface area contributed by atoms with Crippen LogP contribution in [0.5, 0.6) is 5.75 Å². The van der Waals surface area contributed by atoms with Crippen molar-refractivity contribution < 1.29 is 9.53 Å². The van der Waals surface area contributed by atoms with Crippen molar-refractivity contribution in [2.45, 2.75) is 32.1 Å². The molecule has 2 N–H and O–H groups in total. The summed E-state index contributed by atoms with van der Waals surface area (Å²) in [5, 5.41) is 13.4. The van der Waals surface area contributed by atoms with E-state index in [1.54, 1.807) is 7.11 Å². The van der Waals surface area contributed by atoms with Crippen molar-refractivity contribution in [3.63, 3.8) is 0 Å². The summed E-state index contributed by atoms with van der Waals surface area (Å²) in [6, 6.07) is 8.13. The molecule has 0 unspecified atom stereocenters. The zero-order chi connectivity index (χ0) is 16.3. The lowest BCUT2D eigenvalue weighted by Gasteiger charge is -2.19. The van der Waals surface area contributed by atoms with Crippen LogP contribution in [0.1, 0.15) is 31.2 Å². The molecule has 1 aliphatic carbocycles. The fraction of sp³-hybridized carbons (Fsp3) is 0.444. The Morgan fingerprint density at radius 3 is 2.91 bits per heavy atom. The third kappa shape index (κ3) is 2.89. The van der Waals surface area contributed by atoms with Gasteiger partial charge in [0.1, 0.15) is 11.2 Å². The average Bonchev–Trinajstić information content (AvgIpc) is 3.22. The van der Waals surface area contributed by atoms with E-state index in [0.717, 1.165) is 41.5 Å². The van der Waals surface area contributed by atoms with Gasteiger partial charge in [-0.05, 0) is 43.0 Å². The monoisotopic (exact) mass is 311 g/mol. The lowest BCUT2D eigenvalue weighted by molar-refractivity contribution is -0.127. The number of fused-ring (bicyclic) bond motifs is 1. The number of rotatable bonds is 5. The second-order valence-corrected chi connectivity index (χ2v) is 6.13. The molecule has 5 heteroatoms. The fourth-order valence-corrected chi connectivity index (χ4v) is 3.34. The van der Waals surface area contributed by atoms with Crippen molar-refractivity contribution in [1.29, 1.82) is 5.26 Å². The van der Waals surface area contributed by atoms with Crippen LogP contribution in [-0.4, -0.2) is 24.5 Å². The van der Waals surface area contributed by atoms with E-state index in [0.29, 0.717) is 19.4 Å². The highest BCUT2D eigenvalue weighted by molar-refractivity contribution is 5.86. The predicted molar refractivity (Wildman–Crippen MR) is 88.1 cm³/mol. The number of carbonyl (C=O) groups is 1. The van der Waals surface area contributed by atoms with Crippen molar-refractivity contribution in [2.24, 2.45) is 5.41 Å². The number of nitriles is 1. The number of H-pyrrole nitrogens is 1. The molecule has 1 aromatic heterocycles. The van der Waals surface area contributed by atoms with Crippen molar-refractivity contribution >= 4 is 16.8 Å². The quantitative estimate of drug-likeness (QED) is 0.891. The third-order valence-electron chi connectivity index (χ3n) is 4.76. The summed E-state index contributed by atoms with van der Waals surface area (Å²) >= 11 is 0. The number of methoxy groups -OCH3 is 1. The first-order valence-corrected chi connectivity index (χ1v) is 8.02. The standard InChI is InChI=1S/C18H21N3O2/c1-23-14-4-5-16-15(10-14)13(11-21-16)6-9-20-17(22)18(12-19)7-2-3-8-18/h4-5,10-11,21H,2-3,6-9H2,1H3,(H,20,22). The van der Waals surface area contributed by atoms with Crippen LogP contribution in [0, 0.1) is 16.7 Å². The minimum absolute atomic E-state index is 0.116. The first kappa shape index (κ1) is 15.4. The van der Waals surface area contributed by atoms with E-state index in [4.69, 9.17) is 4.74 Å². The SMILES string of the molecule is COc1ccc2[nH]cc(CCNC(=O)C3(C#N)CCCC3)c2c1. The highest BCUT2D eigenvalue weighted by Gasteiger charge is 2.41. The number of carbonyl (C=O) groups excluding carboxylic acids is 1. The molecular formula is C18H21N3O2. The topological polar surface area (TPSA) is 77.9 Å². The highest BCUT2D eigenvalue weighted by Crippen LogP contribution is 2.37. The molecule has 1 aliphatic rings. The van der Waals surface area contributed by atoms with Crippen molar-refractivity contribution in [3.8, 4) is 11.8 Å². The zero-order valence-electron chi connectivity index (χ0n) is 13.3. The number of ether oxygens (including phenoxy) is 1. The maximum absolute atomic E-state index is 12.3. The molecule has 0 aliphatic heterocycles. The van der Waals surface area contributed by atoms with Gasteiger partial charge in [0.25, 0.3) is 0 Å². The van der Waals surface area contributed by atoms with E-state index < -0.39 is 5.41 Å². The van der Waals surface area contributed by atoms with Crippen LogP contribution < -0.4 is 10.1 Å². The summed E-state index contributed by atoms with van der Waals surface area (Å²) in [6.45, 7) is 0.534. The minimum Gasteiger partial charge on any atom is -0.497 e. The minimum atomic E-state index is -0.802. The fourth-order valence-electron chi connectivity index (χ4n) is 3.34. The number of benzene rings is 1. The van der Waals surface area contributed by atoms with Gasteiger partial charge < -0.3 is 15.0 Å². The van der Waals surface area contributed by atoms with Crippen LogP contribution in [0.25, 0.3) is 10.9 Å². The molecule has 1 aromatic carbocycles. The zero-order valence-corrected chi connectivity index (χ0v) is 13.3. The maximum Gasteiger partial charge on any atom is 0.240 e. The Morgan fingerprint density at radius 2 is 2.22 bits per heavy atom. The number of nitrogens with one attached hydrogen (secondary N) is 2. The molecule has 3 rings (SSSR count). The number of hydrogen-bond donors (Lipinski definition) is 2. The van der Waals surface area contributed by atoms with Crippen LogP contribution in [0.15, 0.2) is 24.4 Å². The third-order valence-corrected chi connectivity index (χ3v) is 4.76. The first-order chi connectivity index (χ1) is 11.2. The second-order valence-electron chi connectivity index (χ2n) is 6.13. The van der Waals surface area contributed by atoms with Crippen LogP contribution in [-0.2, 0) is 11.2 Å². The molecule has 1 amide bonds. The van der Waals surface area contributed by atoms with E-state index in [2.05, 4.69) is 16.4 Å². The summed E-state index contributed by atoms with van der Waals surface area (Å²) in [6.07, 6.45) is 5.97. The van der Waals surface area contributed by atoms with Crippen molar-refractivity contribution in [3.05, 3.63) is 30.0 Å². The van der Waals surface area contributed by atoms with Crippen LogP contribution in [0.4, 0.5) is 0 Å². The highest BCUT2D eigenvalue weighted by atomic mass is 16.5. The Hall–Kier alpha value is -2.48. The smallest absolute Gasteiger partial charge is 0.240 e. The largest absolute Gasteiger partial charge is 0.497 e. The summed E-state index contributed by atoms with van der Waals surface area (Å²) in [4.78, 5) is 15.6. The van der Waals surface area contributed by atoms with E-state index in [-0.39, 0.29) is 5.91 Å². The number of aromatic amines is 1. The molecule has 2 aromatic rings. The van der Waals surface area contributed by atoms with Gasteiger partial charge in [0.15, 0.2) is 0 Å². The summed E-state index contributed by atoms with van der Waals surface area (Å²) in [7, 11) is 1.65. The first-order valence-electron chi connectivity index (χ1n) is 8.02. The van der Waals surface area contributed by atoms with E-state index in [1.165, 1.54) is 0 Å². The van der Waals surface area contributed by atoms with Gasteiger partial charge in [0.05, 0.1) is 13.2 Å². The van der Waals surface area contributed by atoms with Gasteiger partial charge in [-0.15, -0.1) is 0 Å². The lowest BCUT2D eigenvalue weighted by Crippen LogP contribution is -2.39. The van der Waals surface area contributed by atoms with Gasteiger partial charge in [-0.1, -0.05) is 12.8 Å². The van der Waals surface area contributed by atoms with Crippen LogP contribution in [0.2, 0.25) is 0 Å². The summed E-state index contributed by atoms with van der Waals surface area (Å²) < 4.78 is 5.26. The molecule has 23 heavy (non-hydrogen) atoms. The molecule has 5 nitrogen and oxygen atoms in total.